The topological polar surface area (TPSA) is 58.6 Å². The van der Waals surface area contributed by atoms with Crippen molar-refractivity contribution in [3.63, 3.8) is 0 Å². The molecule has 0 aliphatic heterocycles. The molecule has 0 saturated heterocycles. The molecule has 0 aromatic heterocycles. The molecule has 5 heteroatoms. The van der Waals surface area contributed by atoms with E-state index in [1.165, 1.54) is 4.90 Å². The van der Waals surface area contributed by atoms with Gasteiger partial charge in [0.1, 0.15) is 5.75 Å². The number of ether oxygens (including phenoxy) is 1. The largest absolute Gasteiger partial charge is 0.484 e. The summed E-state index contributed by atoms with van der Waals surface area (Å²) in [4.78, 5) is 25.7. The van der Waals surface area contributed by atoms with Gasteiger partial charge in [-0.15, -0.1) is 0 Å². The van der Waals surface area contributed by atoms with E-state index >= 15 is 0 Å². The van der Waals surface area contributed by atoms with Crippen LogP contribution in [-0.4, -0.2) is 36.9 Å². The lowest BCUT2D eigenvalue weighted by Crippen LogP contribution is -2.37. The minimum atomic E-state index is -0.251. The molecule has 132 valence electrons. The van der Waals surface area contributed by atoms with Crippen molar-refractivity contribution in [2.45, 2.75) is 20.8 Å². The van der Waals surface area contributed by atoms with Gasteiger partial charge in [0.15, 0.2) is 6.61 Å². The molecule has 0 saturated carbocycles. The fourth-order valence-corrected chi connectivity index (χ4v) is 2.33. The Morgan fingerprint density at radius 2 is 1.76 bits per heavy atom. The molecule has 2 rings (SSSR count). The second-order valence-electron chi connectivity index (χ2n) is 6.17. The van der Waals surface area contributed by atoms with E-state index in [2.05, 4.69) is 5.32 Å². The Labute approximate surface area is 148 Å². The molecule has 2 amide bonds. The van der Waals surface area contributed by atoms with Crippen LogP contribution in [0.15, 0.2) is 42.5 Å². The number of hydrogen-bond donors (Lipinski definition) is 1. The molecule has 0 heterocycles. The Morgan fingerprint density at radius 3 is 2.48 bits per heavy atom. The van der Waals surface area contributed by atoms with Gasteiger partial charge in [-0.05, 0) is 49.6 Å². The lowest BCUT2D eigenvalue weighted by Gasteiger charge is -2.18. The van der Waals surface area contributed by atoms with E-state index in [0.717, 1.165) is 22.4 Å². The van der Waals surface area contributed by atoms with E-state index in [1.54, 1.807) is 7.05 Å². The molecule has 1 N–H and O–H groups in total. The third kappa shape index (κ3) is 5.35. The summed E-state index contributed by atoms with van der Waals surface area (Å²) in [5.74, 6) is 0.184. The predicted molar refractivity (Wildman–Crippen MR) is 98.9 cm³/mol. The van der Waals surface area contributed by atoms with Crippen molar-refractivity contribution in [3.8, 4) is 5.75 Å². The molecule has 0 bridgehead atoms. The van der Waals surface area contributed by atoms with Crippen molar-refractivity contribution < 1.29 is 14.3 Å². The van der Waals surface area contributed by atoms with Crippen LogP contribution in [0.4, 0.5) is 5.69 Å². The first kappa shape index (κ1) is 18.5. The van der Waals surface area contributed by atoms with Crippen LogP contribution in [0, 0.1) is 20.8 Å². The minimum absolute atomic E-state index is 0.0245. The van der Waals surface area contributed by atoms with Gasteiger partial charge < -0.3 is 15.0 Å². The van der Waals surface area contributed by atoms with Gasteiger partial charge in [0.05, 0.1) is 6.54 Å². The van der Waals surface area contributed by atoms with Gasteiger partial charge in [-0.1, -0.05) is 30.3 Å². The van der Waals surface area contributed by atoms with Gasteiger partial charge in [-0.25, -0.2) is 0 Å². The normalized spacial score (nSPS) is 10.2. The van der Waals surface area contributed by atoms with Crippen molar-refractivity contribution in [2.24, 2.45) is 0 Å². The van der Waals surface area contributed by atoms with E-state index in [-0.39, 0.29) is 25.0 Å². The van der Waals surface area contributed by atoms with Crippen LogP contribution in [0.2, 0.25) is 0 Å². The number of para-hydroxylation sites is 1. The van der Waals surface area contributed by atoms with Gasteiger partial charge in [0.2, 0.25) is 5.91 Å². The minimum Gasteiger partial charge on any atom is -0.484 e. The Hall–Kier alpha value is -2.82. The van der Waals surface area contributed by atoms with Crippen LogP contribution < -0.4 is 10.1 Å². The number of nitrogens with one attached hydrogen (secondary N) is 1. The van der Waals surface area contributed by atoms with Crippen molar-refractivity contribution in [1.82, 2.24) is 4.90 Å². The number of benzene rings is 2. The lowest BCUT2D eigenvalue weighted by molar-refractivity contribution is -0.135. The first-order valence-electron chi connectivity index (χ1n) is 8.16. The molecule has 0 spiro atoms. The number of nitrogens with zero attached hydrogens (tertiary/aromatic N) is 1. The monoisotopic (exact) mass is 340 g/mol. The van der Waals surface area contributed by atoms with E-state index in [0.29, 0.717) is 5.75 Å². The highest BCUT2D eigenvalue weighted by atomic mass is 16.5. The van der Waals surface area contributed by atoms with Crippen molar-refractivity contribution in [1.29, 1.82) is 0 Å². The van der Waals surface area contributed by atoms with Gasteiger partial charge in [-0.3, -0.25) is 9.59 Å². The predicted octanol–water partition coefficient (Wildman–Crippen LogP) is 3.09. The third-order valence-electron chi connectivity index (χ3n) is 3.92. The number of carbonyl (C=O) groups is 2. The molecular weight excluding hydrogens is 316 g/mol. The molecule has 0 aliphatic rings. The summed E-state index contributed by atoms with van der Waals surface area (Å²) in [7, 11) is 1.59. The number of aryl methyl sites for hydroxylation is 3. The van der Waals surface area contributed by atoms with Crippen LogP contribution in [0.3, 0.4) is 0 Å². The summed E-state index contributed by atoms with van der Waals surface area (Å²) in [6.07, 6.45) is 0. The number of likely N-dealkylation sites (N-methyl/N-ethyl adjacent to an activating group) is 1. The van der Waals surface area contributed by atoms with E-state index in [4.69, 9.17) is 4.74 Å². The van der Waals surface area contributed by atoms with Crippen LogP contribution in [0.1, 0.15) is 16.7 Å². The summed E-state index contributed by atoms with van der Waals surface area (Å²) in [6, 6.07) is 13.4. The number of rotatable bonds is 6. The van der Waals surface area contributed by atoms with Gasteiger partial charge >= 0.3 is 0 Å². The Balaban J connectivity index is 1.86. The zero-order valence-electron chi connectivity index (χ0n) is 15.1. The second-order valence-corrected chi connectivity index (χ2v) is 6.17. The molecule has 0 radical (unpaired) electrons. The van der Waals surface area contributed by atoms with Crippen molar-refractivity contribution in [3.05, 3.63) is 59.2 Å². The zero-order valence-corrected chi connectivity index (χ0v) is 15.1. The Bertz CT molecular complexity index is 771. The molecular formula is C20H24N2O3. The smallest absolute Gasteiger partial charge is 0.260 e. The van der Waals surface area contributed by atoms with E-state index < -0.39 is 0 Å². The fraction of sp³-hybridized carbons (Fsp3) is 0.300. The fourth-order valence-electron chi connectivity index (χ4n) is 2.33. The summed E-state index contributed by atoms with van der Waals surface area (Å²) in [6.45, 7) is 5.69. The Kier molecular flexibility index (Phi) is 6.17. The summed E-state index contributed by atoms with van der Waals surface area (Å²) < 4.78 is 5.53. The van der Waals surface area contributed by atoms with Crippen molar-refractivity contribution in [2.75, 3.05) is 25.5 Å². The quantitative estimate of drug-likeness (QED) is 0.879. The summed E-state index contributed by atoms with van der Waals surface area (Å²) in [5, 5.41) is 2.85. The van der Waals surface area contributed by atoms with Crippen molar-refractivity contribution >= 4 is 17.5 Å². The molecule has 25 heavy (non-hydrogen) atoms. The van der Waals surface area contributed by atoms with Crippen LogP contribution in [0.5, 0.6) is 5.75 Å². The second kappa shape index (κ2) is 8.33. The number of anilines is 1. The van der Waals surface area contributed by atoms with Gasteiger partial charge in [-0.2, -0.15) is 0 Å². The van der Waals surface area contributed by atoms with Gasteiger partial charge in [0.25, 0.3) is 5.91 Å². The summed E-state index contributed by atoms with van der Waals surface area (Å²) in [5.41, 5.74) is 3.78. The maximum absolute atomic E-state index is 12.2. The number of amides is 2. The highest BCUT2D eigenvalue weighted by Crippen LogP contribution is 2.17. The van der Waals surface area contributed by atoms with Crippen LogP contribution in [-0.2, 0) is 9.59 Å². The standard InChI is InChI=1S/C20H24N2O3/c1-14-9-10-15(2)17(11-14)21-19(23)12-22(4)20(24)13-25-18-8-6-5-7-16(18)3/h5-11H,12-13H2,1-4H3,(H,21,23). The molecule has 2 aromatic carbocycles. The van der Waals surface area contributed by atoms with Crippen LogP contribution in [0.25, 0.3) is 0 Å². The number of carbonyl (C=O) groups excluding carboxylic acids is 2. The van der Waals surface area contributed by atoms with Gasteiger partial charge in [0, 0.05) is 12.7 Å². The maximum atomic E-state index is 12.2. The zero-order chi connectivity index (χ0) is 18.4. The van der Waals surface area contributed by atoms with E-state index in [1.807, 2.05) is 63.2 Å². The summed E-state index contributed by atoms with van der Waals surface area (Å²) >= 11 is 0. The first-order chi connectivity index (χ1) is 11.9. The molecule has 5 nitrogen and oxygen atoms in total. The molecule has 2 aromatic rings. The maximum Gasteiger partial charge on any atom is 0.260 e. The number of hydrogen-bond acceptors (Lipinski definition) is 3. The third-order valence-corrected chi connectivity index (χ3v) is 3.92. The van der Waals surface area contributed by atoms with Crippen LogP contribution >= 0.6 is 0 Å². The highest BCUT2D eigenvalue weighted by Gasteiger charge is 2.14. The molecule has 0 unspecified atom stereocenters. The molecule has 0 fully saturated rings. The SMILES string of the molecule is Cc1ccc(C)c(NC(=O)CN(C)C(=O)COc2ccccc2C)c1. The average molecular weight is 340 g/mol. The highest BCUT2D eigenvalue weighted by molar-refractivity contribution is 5.95. The lowest BCUT2D eigenvalue weighted by atomic mass is 10.1. The first-order valence-corrected chi connectivity index (χ1v) is 8.16. The average Bonchev–Trinajstić information content (AvgIpc) is 2.57. The molecule has 0 aliphatic carbocycles. The Morgan fingerprint density at radius 1 is 1.04 bits per heavy atom. The molecule has 0 atom stereocenters. The van der Waals surface area contributed by atoms with E-state index in [9.17, 15) is 9.59 Å².